The monoisotopic (exact) mass is 211 g/mol. The van der Waals surface area contributed by atoms with E-state index >= 15 is 0 Å². The van der Waals surface area contributed by atoms with Crippen molar-refractivity contribution in [1.29, 1.82) is 0 Å². The summed E-state index contributed by atoms with van der Waals surface area (Å²) < 4.78 is 5.16. The maximum absolute atomic E-state index is 5.79. The fraction of sp³-hybridized carbons (Fsp3) is 0. The zero-order chi connectivity index (χ0) is 11.0. The summed E-state index contributed by atoms with van der Waals surface area (Å²) in [6, 6.07) is 9.72. The molecule has 78 valence electrons. The van der Waals surface area contributed by atoms with Gasteiger partial charge in [0.2, 0.25) is 0 Å². The summed E-state index contributed by atoms with van der Waals surface area (Å²) >= 11 is 0. The van der Waals surface area contributed by atoms with Crippen LogP contribution in [0.25, 0.3) is 22.2 Å². The minimum Gasteiger partial charge on any atom is -0.394 e. The van der Waals surface area contributed by atoms with E-state index in [4.69, 9.17) is 10.3 Å². The molecule has 0 spiro atoms. The Morgan fingerprint density at radius 2 is 2.00 bits per heavy atom. The number of aromatic nitrogens is 2. The molecular weight excluding hydrogens is 202 g/mol. The van der Waals surface area contributed by atoms with E-state index in [1.807, 2.05) is 30.3 Å². The molecule has 2 aromatic heterocycles. The molecule has 0 aliphatic rings. The second-order valence-electron chi connectivity index (χ2n) is 3.49. The molecule has 2 N–H and O–H groups in total. The van der Waals surface area contributed by atoms with Crippen molar-refractivity contribution in [3.05, 3.63) is 42.7 Å². The molecule has 0 unspecified atom stereocenters. The Balaban J connectivity index is 2.36. The highest BCUT2D eigenvalue weighted by Gasteiger charge is 2.11. The van der Waals surface area contributed by atoms with Gasteiger partial charge in [-0.25, -0.2) is 0 Å². The number of nitrogen functional groups attached to an aromatic ring is 1. The van der Waals surface area contributed by atoms with Crippen LogP contribution in [0.5, 0.6) is 0 Å². The van der Waals surface area contributed by atoms with Crippen molar-refractivity contribution in [3.8, 4) is 11.3 Å². The molecule has 2 heterocycles. The zero-order valence-corrected chi connectivity index (χ0v) is 8.42. The molecule has 4 heteroatoms. The number of hydrogen-bond acceptors (Lipinski definition) is 4. The Bertz CT molecular complexity index is 640. The van der Waals surface area contributed by atoms with E-state index in [9.17, 15) is 0 Å². The predicted octanol–water partition coefficient (Wildman–Crippen LogP) is 2.47. The van der Waals surface area contributed by atoms with Gasteiger partial charge in [-0.15, -0.1) is 0 Å². The molecule has 3 rings (SSSR count). The number of anilines is 1. The van der Waals surface area contributed by atoms with E-state index in [-0.39, 0.29) is 0 Å². The topological polar surface area (TPSA) is 64.9 Å². The van der Waals surface area contributed by atoms with E-state index in [0.717, 1.165) is 16.5 Å². The Morgan fingerprint density at radius 1 is 1.12 bits per heavy atom. The number of benzene rings is 1. The quantitative estimate of drug-likeness (QED) is 0.671. The summed E-state index contributed by atoms with van der Waals surface area (Å²) in [6.45, 7) is 0. The summed E-state index contributed by atoms with van der Waals surface area (Å²) in [5, 5.41) is 4.69. The van der Waals surface area contributed by atoms with Crippen LogP contribution in [0.1, 0.15) is 0 Å². The van der Waals surface area contributed by atoms with E-state index in [1.165, 1.54) is 6.20 Å². The van der Waals surface area contributed by atoms with Gasteiger partial charge in [-0.2, -0.15) is 0 Å². The molecule has 0 aliphatic carbocycles. The average molecular weight is 211 g/mol. The highest BCUT2D eigenvalue weighted by molar-refractivity contribution is 5.95. The molecule has 1 aromatic carbocycles. The van der Waals surface area contributed by atoms with Crippen LogP contribution in [-0.2, 0) is 0 Å². The first-order valence-electron chi connectivity index (χ1n) is 4.90. The van der Waals surface area contributed by atoms with Crippen molar-refractivity contribution in [2.24, 2.45) is 0 Å². The average Bonchev–Trinajstić information content (AvgIpc) is 2.75. The van der Waals surface area contributed by atoms with Crippen molar-refractivity contribution in [3.63, 3.8) is 0 Å². The van der Waals surface area contributed by atoms with Crippen LogP contribution in [0.2, 0.25) is 0 Å². The van der Waals surface area contributed by atoms with Gasteiger partial charge in [-0.3, -0.25) is 4.98 Å². The van der Waals surface area contributed by atoms with Gasteiger partial charge in [0.1, 0.15) is 5.69 Å². The van der Waals surface area contributed by atoms with Crippen molar-refractivity contribution < 1.29 is 4.52 Å². The number of rotatable bonds is 1. The van der Waals surface area contributed by atoms with Crippen molar-refractivity contribution >= 4 is 16.6 Å². The van der Waals surface area contributed by atoms with Crippen molar-refractivity contribution in [2.75, 3.05) is 5.73 Å². The molecule has 4 nitrogen and oxygen atoms in total. The molecule has 0 radical (unpaired) electrons. The third-order valence-electron chi connectivity index (χ3n) is 2.49. The maximum Gasteiger partial charge on any atom is 0.190 e. The van der Waals surface area contributed by atoms with Gasteiger partial charge in [0, 0.05) is 17.1 Å². The number of fused-ring (bicyclic) bond motifs is 1. The molecule has 0 fully saturated rings. The molecule has 0 amide bonds. The van der Waals surface area contributed by atoms with Gasteiger partial charge in [0.25, 0.3) is 0 Å². The van der Waals surface area contributed by atoms with Gasteiger partial charge in [-0.1, -0.05) is 23.4 Å². The number of nitrogens with zero attached hydrogens (tertiary/aromatic N) is 2. The minimum atomic E-state index is 0.538. The lowest BCUT2D eigenvalue weighted by Crippen LogP contribution is -1.87. The highest BCUT2D eigenvalue weighted by atomic mass is 16.5. The largest absolute Gasteiger partial charge is 0.394 e. The smallest absolute Gasteiger partial charge is 0.190 e. The van der Waals surface area contributed by atoms with Gasteiger partial charge < -0.3 is 10.3 Å². The van der Waals surface area contributed by atoms with Crippen LogP contribution >= 0.6 is 0 Å². The van der Waals surface area contributed by atoms with Crippen LogP contribution in [0.4, 0.5) is 5.69 Å². The first-order chi connectivity index (χ1) is 7.86. The first kappa shape index (κ1) is 8.91. The van der Waals surface area contributed by atoms with Gasteiger partial charge >= 0.3 is 0 Å². The van der Waals surface area contributed by atoms with E-state index < -0.39 is 0 Å². The molecule has 0 saturated heterocycles. The lowest BCUT2D eigenvalue weighted by atomic mass is 10.1. The molecular formula is C12H9N3O. The number of para-hydroxylation sites is 1. The summed E-state index contributed by atoms with van der Waals surface area (Å²) in [5.74, 6) is 0.596. The Morgan fingerprint density at radius 3 is 2.81 bits per heavy atom. The molecule has 16 heavy (non-hydrogen) atoms. The number of pyridine rings is 1. The Kier molecular flexibility index (Phi) is 1.86. The van der Waals surface area contributed by atoms with Gasteiger partial charge in [0.05, 0.1) is 11.7 Å². The second-order valence-corrected chi connectivity index (χ2v) is 3.49. The fourth-order valence-electron chi connectivity index (χ4n) is 1.75. The third-order valence-corrected chi connectivity index (χ3v) is 2.49. The van der Waals surface area contributed by atoms with Crippen LogP contribution < -0.4 is 5.73 Å². The van der Waals surface area contributed by atoms with Crippen molar-refractivity contribution in [2.45, 2.75) is 0 Å². The fourth-order valence-corrected chi connectivity index (χ4v) is 1.75. The number of hydrogen-bond donors (Lipinski definition) is 1. The molecule has 0 bridgehead atoms. The molecule has 3 aromatic rings. The van der Waals surface area contributed by atoms with Crippen LogP contribution in [0, 0.1) is 0 Å². The zero-order valence-electron chi connectivity index (χ0n) is 8.42. The molecule has 0 aliphatic heterocycles. The highest BCUT2D eigenvalue weighted by Crippen LogP contribution is 2.30. The summed E-state index contributed by atoms with van der Waals surface area (Å²) in [7, 11) is 0. The van der Waals surface area contributed by atoms with Gasteiger partial charge in [0.15, 0.2) is 5.76 Å². The van der Waals surface area contributed by atoms with E-state index in [2.05, 4.69) is 10.1 Å². The van der Waals surface area contributed by atoms with E-state index in [1.54, 1.807) is 6.20 Å². The number of nitrogens with two attached hydrogens (primary N) is 1. The summed E-state index contributed by atoms with van der Waals surface area (Å²) in [4.78, 5) is 4.28. The van der Waals surface area contributed by atoms with E-state index in [0.29, 0.717) is 11.4 Å². The SMILES string of the molecule is Nc1cnoc1-c1ccnc2ccccc12. The standard InChI is InChI=1S/C12H9N3O/c13-10-7-15-16-12(10)9-5-6-14-11-4-2-1-3-8(9)11/h1-7H,13H2. The van der Waals surface area contributed by atoms with Crippen LogP contribution in [0.15, 0.2) is 47.2 Å². The normalized spacial score (nSPS) is 10.8. The van der Waals surface area contributed by atoms with Crippen molar-refractivity contribution in [1.82, 2.24) is 10.1 Å². The predicted molar refractivity (Wildman–Crippen MR) is 61.7 cm³/mol. The molecule has 0 saturated carbocycles. The lowest BCUT2D eigenvalue weighted by Gasteiger charge is -2.02. The second kappa shape index (κ2) is 3.34. The maximum atomic E-state index is 5.79. The third kappa shape index (κ3) is 1.24. The lowest BCUT2D eigenvalue weighted by molar-refractivity contribution is 0.433. The Labute approximate surface area is 91.7 Å². The van der Waals surface area contributed by atoms with Crippen LogP contribution in [-0.4, -0.2) is 10.1 Å². The Hall–Kier alpha value is -2.36. The van der Waals surface area contributed by atoms with Gasteiger partial charge in [-0.05, 0) is 12.1 Å². The minimum absolute atomic E-state index is 0.538. The molecule has 0 atom stereocenters. The summed E-state index contributed by atoms with van der Waals surface area (Å²) in [5.41, 5.74) is 8.16. The summed E-state index contributed by atoms with van der Waals surface area (Å²) in [6.07, 6.45) is 3.24. The first-order valence-corrected chi connectivity index (χ1v) is 4.90. The van der Waals surface area contributed by atoms with Crippen LogP contribution in [0.3, 0.4) is 0 Å².